The summed E-state index contributed by atoms with van der Waals surface area (Å²) in [7, 11) is 1.38. The number of carbonyl (C=O) groups is 2. The standard InChI is InChI=1S/C9H16N2O3S/c1-4-9(5-2,7(13)14)6(12)11(3)8(10)15/h4-5H2,1-3H3,(H2,10,15)(H,13,14). The molecule has 0 rings (SSSR count). The van der Waals surface area contributed by atoms with Crippen molar-refractivity contribution in [3.63, 3.8) is 0 Å². The van der Waals surface area contributed by atoms with Crippen molar-refractivity contribution in [2.45, 2.75) is 26.7 Å². The molecule has 6 heteroatoms. The predicted molar refractivity (Wildman–Crippen MR) is 60.2 cm³/mol. The number of amides is 1. The van der Waals surface area contributed by atoms with Crippen LogP contribution in [-0.4, -0.2) is 34.0 Å². The van der Waals surface area contributed by atoms with E-state index in [1.54, 1.807) is 13.8 Å². The van der Waals surface area contributed by atoms with Gasteiger partial charge >= 0.3 is 5.97 Å². The number of carbonyl (C=O) groups excluding carboxylic acids is 1. The summed E-state index contributed by atoms with van der Waals surface area (Å²) in [5, 5.41) is 8.98. The Bertz CT molecular complexity index is 287. The Labute approximate surface area is 94.2 Å². The molecule has 0 aliphatic rings. The molecule has 0 aromatic heterocycles. The topological polar surface area (TPSA) is 83.6 Å². The van der Waals surface area contributed by atoms with Crippen LogP contribution in [-0.2, 0) is 9.59 Å². The quantitative estimate of drug-likeness (QED) is 0.547. The van der Waals surface area contributed by atoms with Crippen LogP contribution >= 0.6 is 12.2 Å². The second-order valence-corrected chi connectivity index (χ2v) is 3.72. The summed E-state index contributed by atoms with van der Waals surface area (Å²) >= 11 is 4.64. The first-order valence-electron chi connectivity index (χ1n) is 4.64. The summed E-state index contributed by atoms with van der Waals surface area (Å²) in [6.07, 6.45) is 0.426. The molecule has 0 saturated carbocycles. The van der Waals surface area contributed by atoms with E-state index in [1.807, 2.05) is 0 Å². The predicted octanol–water partition coefficient (Wildman–Crippen LogP) is 0.579. The van der Waals surface area contributed by atoms with Crippen molar-refractivity contribution in [1.29, 1.82) is 0 Å². The third-order valence-corrected chi connectivity index (χ3v) is 2.93. The van der Waals surface area contributed by atoms with Crippen LogP contribution in [0.4, 0.5) is 0 Å². The zero-order valence-corrected chi connectivity index (χ0v) is 9.93. The van der Waals surface area contributed by atoms with Gasteiger partial charge in [0.15, 0.2) is 5.11 Å². The summed E-state index contributed by atoms with van der Waals surface area (Å²) in [5.41, 5.74) is 3.87. The van der Waals surface area contributed by atoms with Gasteiger partial charge in [-0.05, 0) is 25.1 Å². The second-order valence-electron chi connectivity index (χ2n) is 3.30. The maximum Gasteiger partial charge on any atom is 0.319 e. The van der Waals surface area contributed by atoms with Crippen molar-refractivity contribution in [3.8, 4) is 0 Å². The molecule has 1 amide bonds. The number of hydrogen-bond donors (Lipinski definition) is 2. The van der Waals surface area contributed by atoms with Gasteiger partial charge in [0.05, 0.1) is 0 Å². The fourth-order valence-electron chi connectivity index (χ4n) is 1.37. The lowest BCUT2D eigenvalue weighted by molar-refractivity contribution is -0.159. The average molecular weight is 232 g/mol. The van der Waals surface area contributed by atoms with Crippen molar-refractivity contribution in [3.05, 3.63) is 0 Å². The third-order valence-electron chi connectivity index (χ3n) is 2.66. The molecule has 0 saturated heterocycles. The van der Waals surface area contributed by atoms with Crippen LogP contribution < -0.4 is 5.73 Å². The second kappa shape index (κ2) is 5.06. The summed E-state index contributed by atoms with van der Waals surface area (Å²) in [5.74, 6) is -1.70. The molecule has 0 fully saturated rings. The first-order chi connectivity index (χ1) is 6.83. The van der Waals surface area contributed by atoms with Crippen molar-refractivity contribution in [1.82, 2.24) is 4.90 Å². The maximum atomic E-state index is 11.9. The lowest BCUT2D eigenvalue weighted by atomic mass is 9.81. The van der Waals surface area contributed by atoms with Crippen molar-refractivity contribution < 1.29 is 14.7 Å². The smallest absolute Gasteiger partial charge is 0.319 e. The van der Waals surface area contributed by atoms with Gasteiger partial charge in [0.2, 0.25) is 5.91 Å². The van der Waals surface area contributed by atoms with Crippen molar-refractivity contribution >= 4 is 29.2 Å². The van der Waals surface area contributed by atoms with Gasteiger partial charge < -0.3 is 10.8 Å². The molecule has 0 bridgehead atoms. The van der Waals surface area contributed by atoms with Crippen LogP contribution in [0.3, 0.4) is 0 Å². The lowest BCUT2D eigenvalue weighted by Crippen LogP contribution is -2.50. The van der Waals surface area contributed by atoms with E-state index in [1.165, 1.54) is 7.05 Å². The van der Waals surface area contributed by atoms with Gasteiger partial charge in [-0.15, -0.1) is 0 Å². The molecule has 0 aliphatic heterocycles. The normalized spacial score (nSPS) is 10.9. The summed E-state index contributed by atoms with van der Waals surface area (Å²) in [4.78, 5) is 24.0. The van der Waals surface area contributed by atoms with Gasteiger partial charge in [-0.3, -0.25) is 14.5 Å². The molecule has 0 aliphatic carbocycles. The SMILES string of the molecule is CCC(CC)(C(=O)O)C(=O)N(C)C(N)=S. The minimum Gasteiger partial charge on any atom is -0.480 e. The Balaban J connectivity index is 5.19. The molecule has 0 radical (unpaired) electrons. The number of rotatable bonds is 4. The van der Waals surface area contributed by atoms with Crippen LogP contribution in [0, 0.1) is 5.41 Å². The summed E-state index contributed by atoms with van der Waals surface area (Å²) in [6, 6.07) is 0. The van der Waals surface area contributed by atoms with E-state index in [2.05, 4.69) is 12.2 Å². The van der Waals surface area contributed by atoms with Crippen LogP contribution in [0.2, 0.25) is 0 Å². The minimum absolute atomic E-state index is 0.118. The average Bonchev–Trinajstić information content (AvgIpc) is 2.18. The number of nitrogens with two attached hydrogens (primary N) is 1. The fraction of sp³-hybridized carbons (Fsp3) is 0.667. The Morgan fingerprint density at radius 2 is 1.80 bits per heavy atom. The highest BCUT2D eigenvalue weighted by Crippen LogP contribution is 2.29. The molecule has 0 spiro atoms. The van der Waals surface area contributed by atoms with E-state index in [-0.39, 0.29) is 18.0 Å². The molecule has 0 aromatic carbocycles. The van der Waals surface area contributed by atoms with Crippen molar-refractivity contribution in [2.24, 2.45) is 11.1 Å². The van der Waals surface area contributed by atoms with E-state index in [0.717, 1.165) is 4.90 Å². The van der Waals surface area contributed by atoms with Crippen LogP contribution in [0.25, 0.3) is 0 Å². The number of aliphatic carboxylic acids is 1. The third kappa shape index (κ3) is 2.44. The molecule has 15 heavy (non-hydrogen) atoms. The van der Waals surface area contributed by atoms with E-state index in [4.69, 9.17) is 10.8 Å². The van der Waals surface area contributed by atoms with Gasteiger partial charge in [0.25, 0.3) is 0 Å². The van der Waals surface area contributed by atoms with E-state index >= 15 is 0 Å². The fourth-order valence-corrected chi connectivity index (χ4v) is 1.45. The van der Waals surface area contributed by atoms with E-state index < -0.39 is 17.3 Å². The van der Waals surface area contributed by atoms with Gasteiger partial charge in [0, 0.05) is 7.05 Å². The number of carboxylic acid groups (broad SMARTS) is 1. The largest absolute Gasteiger partial charge is 0.480 e. The first kappa shape index (κ1) is 13.8. The van der Waals surface area contributed by atoms with Crippen LogP contribution in [0.5, 0.6) is 0 Å². The first-order valence-corrected chi connectivity index (χ1v) is 5.05. The van der Waals surface area contributed by atoms with Crippen LogP contribution in [0.15, 0.2) is 0 Å². The maximum absolute atomic E-state index is 11.9. The summed E-state index contributed by atoms with van der Waals surface area (Å²) in [6.45, 7) is 3.31. The molecular formula is C9H16N2O3S. The van der Waals surface area contributed by atoms with Gasteiger partial charge in [-0.2, -0.15) is 0 Å². The van der Waals surface area contributed by atoms with E-state index in [0.29, 0.717) is 0 Å². The van der Waals surface area contributed by atoms with Gasteiger partial charge in [-0.1, -0.05) is 13.8 Å². The van der Waals surface area contributed by atoms with Crippen molar-refractivity contribution in [2.75, 3.05) is 7.05 Å². The van der Waals surface area contributed by atoms with E-state index in [9.17, 15) is 9.59 Å². The molecule has 0 heterocycles. The number of carboxylic acids is 1. The molecule has 0 aromatic rings. The zero-order valence-electron chi connectivity index (χ0n) is 9.11. The minimum atomic E-state index is -1.42. The molecular weight excluding hydrogens is 216 g/mol. The van der Waals surface area contributed by atoms with Crippen LogP contribution in [0.1, 0.15) is 26.7 Å². The molecule has 5 nitrogen and oxygen atoms in total. The molecule has 86 valence electrons. The molecule has 0 atom stereocenters. The number of nitrogens with zero attached hydrogens (tertiary/aromatic N) is 1. The number of thiocarbonyl (C=S) groups is 1. The Morgan fingerprint density at radius 3 is 2.00 bits per heavy atom. The highest BCUT2D eigenvalue weighted by atomic mass is 32.1. The lowest BCUT2D eigenvalue weighted by Gasteiger charge is -2.29. The zero-order chi connectivity index (χ0) is 12.2. The van der Waals surface area contributed by atoms with Gasteiger partial charge in [0.1, 0.15) is 5.41 Å². The summed E-state index contributed by atoms with van der Waals surface area (Å²) < 4.78 is 0. The monoisotopic (exact) mass is 232 g/mol. The highest BCUT2D eigenvalue weighted by molar-refractivity contribution is 7.80. The highest BCUT2D eigenvalue weighted by Gasteiger charge is 2.45. The Kier molecular flexibility index (Phi) is 4.67. The number of hydrogen-bond acceptors (Lipinski definition) is 3. The molecule has 0 unspecified atom stereocenters. The Morgan fingerprint density at radius 1 is 1.40 bits per heavy atom. The van der Waals surface area contributed by atoms with Gasteiger partial charge in [-0.25, -0.2) is 0 Å². The Hall–Kier alpha value is -1.17. The molecule has 3 N–H and O–H groups in total.